The molecule has 0 amide bonds. The predicted molar refractivity (Wildman–Crippen MR) is 232 cm³/mol. The van der Waals surface area contributed by atoms with E-state index in [-0.39, 0.29) is 5.41 Å². The smallest absolute Gasteiger partial charge is 0.180 e. The molecule has 10 aromatic rings. The zero-order valence-corrected chi connectivity index (χ0v) is 31.1. The first-order chi connectivity index (χ1) is 27.5. The maximum Gasteiger partial charge on any atom is 0.180 e. The van der Waals surface area contributed by atoms with Crippen LogP contribution in [0.4, 0.5) is 0 Å². The lowest BCUT2D eigenvalue weighted by atomic mass is 9.80. The Morgan fingerprint density at radius 3 is 1.84 bits per heavy atom. The Morgan fingerprint density at radius 2 is 1.04 bits per heavy atom. The van der Waals surface area contributed by atoms with Crippen LogP contribution in [0.2, 0.25) is 0 Å². The van der Waals surface area contributed by atoms with E-state index in [0.717, 1.165) is 50.0 Å². The highest BCUT2D eigenvalue weighted by Gasteiger charge is 2.38. The summed E-state index contributed by atoms with van der Waals surface area (Å²) in [6, 6.07) is 64.9. The molecule has 0 saturated carbocycles. The molecule has 0 spiro atoms. The fourth-order valence-electron chi connectivity index (χ4n) is 8.83. The fourth-order valence-corrected chi connectivity index (χ4v) is 8.83. The molecule has 0 N–H and O–H groups in total. The predicted octanol–water partition coefficient (Wildman–Crippen LogP) is 14.2. The van der Waals surface area contributed by atoms with E-state index in [9.17, 15) is 0 Å². The molecule has 264 valence electrons. The standard InChI is InChI=1S/C53H36N2O/c1-53(2)44-31-38(28-29-42(44)48-45(53)32-39-18-9-10-21-41(39)47(48)35-16-7-4-8-17-35)34-24-26-36(27-25-34)49-51-50(43-22-11-12-23-46(43)56-51)55-52(54-49)40-20-13-19-37(30-40)33-14-5-3-6-15-33/h3-32H,1-2H3. The first kappa shape index (κ1) is 32.3. The summed E-state index contributed by atoms with van der Waals surface area (Å²) >= 11 is 0. The van der Waals surface area contributed by atoms with E-state index in [1.54, 1.807) is 0 Å². The summed E-state index contributed by atoms with van der Waals surface area (Å²) in [6.45, 7) is 4.74. The topological polar surface area (TPSA) is 38.9 Å². The lowest BCUT2D eigenvalue weighted by Crippen LogP contribution is -2.15. The number of aromatic nitrogens is 2. The van der Waals surface area contributed by atoms with Gasteiger partial charge < -0.3 is 4.42 Å². The average Bonchev–Trinajstić information content (AvgIpc) is 3.74. The lowest BCUT2D eigenvalue weighted by Gasteiger charge is -2.23. The summed E-state index contributed by atoms with van der Waals surface area (Å²) in [4.78, 5) is 10.3. The molecule has 2 heterocycles. The Labute approximate surface area is 325 Å². The van der Waals surface area contributed by atoms with Gasteiger partial charge in [0.05, 0.1) is 0 Å². The monoisotopic (exact) mass is 716 g/mol. The lowest BCUT2D eigenvalue weighted by molar-refractivity contribution is 0.661. The molecule has 3 nitrogen and oxygen atoms in total. The van der Waals surface area contributed by atoms with Crippen LogP contribution in [0.15, 0.2) is 186 Å². The minimum atomic E-state index is -0.170. The van der Waals surface area contributed by atoms with E-state index in [1.165, 1.54) is 49.7 Å². The van der Waals surface area contributed by atoms with Crippen LogP contribution in [0.25, 0.3) is 100.0 Å². The second-order valence-corrected chi connectivity index (χ2v) is 15.3. The molecule has 0 saturated heterocycles. The molecule has 8 aromatic carbocycles. The van der Waals surface area contributed by atoms with Crippen LogP contribution in [0.5, 0.6) is 0 Å². The van der Waals surface area contributed by atoms with Crippen molar-refractivity contribution in [1.82, 2.24) is 9.97 Å². The van der Waals surface area contributed by atoms with Crippen molar-refractivity contribution in [2.24, 2.45) is 0 Å². The van der Waals surface area contributed by atoms with E-state index in [2.05, 4.69) is 172 Å². The molecule has 56 heavy (non-hydrogen) atoms. The number of furan rings is 1. The maximum atomic E-state index is 6.49. The van der Waals surface area contributed by atoms with Crippen molar-refractivity contribution in [3.05, 3.63) is 193 Å². The van der Waals surface area contributed by atoms with Crippen LogP contribution in [0.3, 0.4) is 0 Å². The van der Waals surface area contributed by atoms with Gasteiger partial charge in [-0.3, -0.25) is 0 Å². The third-order valence-corrected chi connectivity index (χ3v) is 11.7. The number of fused-ring (bicyclic) bond motifs is 7. The molecule has 1 aliphatic carbocycles. The second kappa shape index (κ2) is 12.5. The first-order valence-electron chi connectivity index (χ1n) is 19.2. The Balaban J connectivity index is 1.02. The first-order valence-corrected chi connectivity index (χ1v) is 19.2. The minimum absolute atomic E-state index is 0.170. The summed E-state index contributed by atoms with van der Waals surface area (Å²) in [6.07, 6.45) is 0. The normalized spacial score (nSPS) is 13.0. The van der Waals surface area contributed by atoms with Gasteiger partial charge in [-0.25, -0.2) is 9.97 Å². The number of hydrogen-bond acceptors (Lipinski definition) is 3. The molecule has 0 fully saturated rings. The van der Waals surface area contributed by atoms with Gasteiger partial charge in [0.25, 0.3) is 0 Å². The Hall–Kier alpha value is -7.10. The quantitative estimate of drug-likeness (QED) is 0.178. The summed E-state index contributed by atoms with van der Waals surface area (Å²) in [7, 11) is 0. The van der Waals surface area contributed by atoms with E-state index in [1.807, 2.05) is 24.3 Å². The van der Waals surface area contributed by atoms with Gasteiger partial charge in [0.15, 0.2) is 11.4 Å². The van der Waals surface area contributed by atoms with Crippen LogP contribution >= 0.6 is 0 Å². The fraction of sp³-hybridized carbons (Fsp3) is 0.0566. The van der Waals surface area contributed by atoms with Gasteiger partial charge in [-0.1, -0.05) is 166 Å². The summed E-state index contributed by atoms with van der Waals surface area (Å²) < 4.78 is 6.49. The third kappa shape index (κ3) is 5.05. The molecule has 0 radical (unpaired) electrons. The SMILES string of the molecule is CC1(C)c2cc(-c3ccc(-c4nc(-c5cccc(-c6ccccc6)c5)nc5c4oc4ccccc45)cc3)ccc2-c2c1cc1ccccc1c2-c1ccccc1. The van der Waals surface area contributed by atoms with Crippen molar-refractivity contribution in [2.75, 3.05) is 0 Å². The molecular formula is C53H36N2O. The van der Waals surface area contributed by atoms with E-state index < -0.39 is 0 Å². The van der Waals surface area contributed by atoms with Gasteiger partial charge in [0, 0.05) is 21.9 Å². The molecule has 0 bridgehead atoms. The van der Waals surface area contributed by atoms with Gasteiger partial charge >= 0.3 is 0 Å². The molecular weight excluding hydrogens is 681 g/mol. The number of nitrogens with zero attached hydrogens (tertiary/aromatic N) is 2. The number of rotatable bonds is 5. The summed E-state index contributed by atoms with van der Waals surface area (Å²) in [5.41, 5.74) is 17.4. The maximum absolute atomic E-state index is 6.49. The van der Waals surface area contributed by atoms with Crippen molar-refractivity contribution in [3.63, 3.8) is 0 Å². The molecule has 0 unspecified atom stereocenters. The number of hydrogen-bond donors (Lipinski definition) is 0. The van der Waals surface area contributed by atoms with Crippen LogP contribution in [-0.4, -0.2) is 9.97 Å². The zero-order chi connectivity index (χ0) is 37.4. The largest absolute Gasteiger partial charge is 0.452 e. The Morgan fingerprint density at radius 1 is 0.429 bits per heavy atom. The van der Waals surface area contributed by atoms with E-state index in [0.29, 0.717) is 11.4 Å². The van der Waals surface area contributed by atoms with Crippen LogP contribution in [0, 0.1) is 0 Å². The highest BCUT2D eigenvalue weighted by molar-refractivity contribution is 6.09. The molecule has 2 aromatic heterocycles. The zero-order valence-electron chi connectivity index (χ0n) is 31.1. The summed E-state index contributed by atoms with van der Waals surface area (Å²) in [5.74, 6) is 0.670. The molecule has 11 rings (SSSR count). The molecule has 0 atom stereocenters. The Kier molecular flexibility index (Phi) is 7.20. The minimum Gasteiger partial charge on any atom is -0.452 e. The van der Waals surface area contributed by atoms with Crippen LogP contribution in [-0.2, 0) is 5.41 Å². The van der Waals surface area contributed by atoms with Gasteiger partial charge in [0.1, 0.15) is 16.8 Å². The Bertz CT molecular complexity index is 3140. The molecule has 0 aliphatic heterocycles. The van der Waals surface area contributed by atoms with Gasteiger partial charge in [-0.05, 0) is 96.7 Å². The summed E-state index contributed by atoms with van der Waals surface area (Å²) in [5, 5.41) is 3.54. The third-order valence-electron chi connectivity index (χ3n) is 11.7. The number of para-hydroxylation sites is 1. The average molecular weight is 717 g/mol. The van der Waals surface area contributed by atoms with Crippen LogP contribution < -0.4 is 0 Å². The highest BCUT2D eigenvalue weighted by atomic mass is 16.3. The van der Waals surface area contributed by atoms with Crippen molar-refractivity contribution in [1.29, 1.82) is 0 Å². The van der Waals surface area contributed by atoms with E-state index in [4.69, 9.17) is 14.4 Å². The van der Waals surface area contributed by atoms with Crippen molar-refractivity contribution < 1.29 is 4.42 Å². The van der Waals surface area contributed by atoms with Crippen molar-refractivity contribution in [3.8, 4) is 67.2 Å². The van der Waals surface area contributed by atoms with Gasteiger partial charge in [-0.15, -0.1) is 0 Å². The van der Waals surface area contributed by atoms with Gasteiger partial charge in [-0.2, -0.15) is 0 Å². The van der Waals surface area contributed by atoms with Crippen LogP contribution in [0.1, 0.15) is 25.0 Å². The van der Waals surface area contributed by atoms with Crippen molar-refractivity contribution in [2.45, 2.75) is 19.3 Å². The molecule has 1 aliphatic rings. The molecule has 3 heteroatoms. The second-order valence-electron chi connectivity index (χ2n) is 15.3. The van der Waals surface area contributed by atoms with Crippen molar-refractivity contribution >= 4 is 32.8 Å². The van der Waals surface area contributed by atoms with Gasteiger partial charge in [0.2, 0.25) is 0 Å². The highest BCUT2D eigenvalue weighted by Crippen LogP contribution is 2.55. The number of benzene rings is 8. The van der Waals surface area contributed by atoms with E-state index >= 15 is 0 Å².